The van der Waals surface area contributed by atoms with Gasteiger partial charge in [0, 0.05) is 27.7 Å². The van der Waals surface area contributed by atoms with Crippen LogP contribution < -0.4 is 5.32 Å². The van der Waals surface area contributed by atoms with Gasteiger partial charge in [0.25, 0.3) is 0 Å². The Labute approximate surface area is 140 Å². The summed E-state index contributed by atoms with van der Waals surface area (Å²) < 4.78 is 1.19. The summed E-state index contributed by atoms with van der Waals surface area (Å²) in [4.78, 5) is 1.30. The van der Waals surface area contributed by atoms with Gasteiger partial charge in [-0.25, -0.2) is 0 Å². The van der Waals surface area contributed by atoms with E-state index in [2.05, 4.69) is 84.5 Å². The molecular formula is C18H22BrNS. The Kier molecular flexibility index (Phi) is 6.34. The summed E-state index contributed by atoms with van der Waals surface area (Å²) >= 11 is 5.57. The highest BCUT2D eigenvalue weighted by Gasteiger charge is 2.04. The zero-order valence-electron chi connectivity index (χ0n) is 12.8. The fourth-order valence-electron chi connectivity index (χ4n) is 2.01. The molecule has 0 aliphatic rings. The predicted molar refractivity (Wildman–Crippen MR) is 96.9 cm³/mol. The van der Waals surface area contributed by atoms with Crippen LogP contribution in [0.25, 0.3) is 0 Å². The van der Waals surface area contributed by atoms with Crippen LogP contribution in [0.3, 0.4) is 0 Å². The van der Waals surface area contributed by atoms with Crippen molar-refractivity contribution in [2.24, 2.45) is 0 Å². The second-order valence-electron chi connectivity index (χ2n) is 5.50. The lowest BCUT2D eigenvalue weighted by atomic mass is 10.1. The molecule has 0 radical (unpaired) electrons. The maximum absolute atomic E-state index is 3.68. The van der Waals surface area contributed by atoms with E-state index in [9.17, 15) is 0 Å². The van der Waals surface area contributed by atoms with Gasteiger partial charge in [-0.05, 0) is 35.7 Å². The summed E-state index contributed by atoms with van der Waals surface area (Å²) in [7, 11) is 0. The van der Waals surface area contributed by atoms with Crippen LogP contribution in [-0.2, 0) is 12.3 Å². The lowest BCUT2D eigenvalue weighted by molar-refractivity contribution is 0.587. The van der Waals surface area contributed by atoms with Crippen molar-refractivity contribution in [3.05, 3.63) is 63.6 Å². The SMILES string of the molecule is Cc1ccccc1CSc1ccc(CNC(C)C)c(Br)c1. The van der Waals surface area contributed by atoms with E-state index in [-0.39, 0.29) is 0 Å². The summed E-state index contributed by atoms with van der Waals surface area (Å²) in [5.41, 5.74) is 4.08. The Morgan fingerprint density at radius 3 is 2.52 bits per heavy atom. The normalized spacial score (nSPS) is 11.1. The van der Waals surface area contributed by atoms with E-state index < -0.39 is 0 Å². The first-order valence-corrected chi connectivity index (χ1v) is 9.03. The van der Waals surface area contributed by atoms with E-state index >= 15 is 0 Å². The quantitative estimate of drug-likeness (QED) is 0.675. The van der Waals surface area contributed by atoms with E-state index in [4.69, 9.17) is 0 Å². The second-order valence-corrected chi connectivity index (χ2v) is 7.41. The zero-order valence-corrected chi connectivity index (χ0v) is 15.2. The fraction of sp³-hybridized carbons (Fsp3) is 0.333. The Morgan fingerprint density at radius 2 is 1.86 bits per heavy atom. The summed E-state index contributed by atoms with van der Waals surface area (Å²) in [5.74, 6) is 1.02. The molecule has 112 valence electrons. The van der Waals surface area contributed by atoms with Crippen molar-refractivity contribution in [2.45, 2.75) is 44.0 Å². The Bertz CT molecular complexity index is 596. The minimum atomic E-state index is 0.506. The molecule has 0 saturated heterocycles. The highest BCUT2D eigenvalue weighted by atomic mass is 79.9. The van der Waals surface area contributed by atoms with Gasteiger partial charge in [0.15, 0.2) is 0 Å². The number of rotatable bonds is 6. The summed E-state index contributed by atoms with van der Waals surface area (Å²) in [6, 6.07) is 15.7. The zero-order chi connectivity index (χ0) is 15.2. The second kappa shape index (κ2) is 8.02. The molecule has 0 aliphatic carbocycles. The van der Waals surface area contributed by atoms with Gasteiger partial charge >= 0.3 is 0 Å². The van der Waals surface area contributed by atoms with Crippen LogP contribution in [-0.4, -0.2) is 6.04 Å². The average Bonchev–Trinajstić information content (AvgIpc) is 2.45. The largest absolute Gasteiger partial charge is 0.310 e. The molecule has 3 heteroatoms. The van der Waals surface area contributed by atoms with Gasteiger partial charge in [0.1, 0.15) is 0 Å². The van der Waals surface area contributed by atoms with Crippen LogP contribution in [0, 0.1) is 6.92 Å². The van der Waals surface area contributed by atoms with Crippen molar-refractivity contribution in [2.75, 3.05) is 0 Å². The van der Waals surface area contributed by atoms with E-state index in [0.717, 1.165) is 12.3 Å². The lowest BCUT2D eigenvalue weighted by Gasteiger charge is -2.11. The van der Waals surface area contributed by atoms with Crippen molar-refractivity contribution in [1.29, 1.82) is 0 Å². The standard InChI is InChI=1S/C18H22BrNS/c1-13(2)20-11-15-8-9-17(10-18(15)19)21-12-16-7-5-4-6-14(16)3/h4-10,13,20H,11-12H2,1-3H3. The molecule has 0 aromatic heterocycles. The number of hydrogen-bond donors (Lipinski definition) is 1. The number of hydrogen-bond acceptors (Lipinski definition) is 2. The minimum Gasteiger partial charge on any atom is -0.310 e. The van der Waals surface area contributed by atoms with Gasteiger partial charge in [-0.2, -0.15) is 0 Å². The molecule has 0 bridgehead atoms. The molecule has 0 amide bonds. The van der Waals surface area contributed by atoms with Crippen molar-refractivity contribution in [3.8, 4) is 0 Å². The van der Waals surface area contributed by atoms with Gasteiger partial charge in [-0.15, -0.1) is 11.8 Å². The molecule has 2 rings (SSSR count). The Morgan fingerprint density at radius 1 is 1.10 bits per heavy atom. The molecular weight excluding hydrogens is 342 g/mol. The first-order chi connectivity index (χ1) is 10.1. The third-order valence-corrected chi connectivity index (χ3v) is 5.16. The van der Waals surface area contributed by atoms with Crippen LogP contribution in [0.4, 0.5) is 0 Å². The van der Waals surface area contributed by atoms with Crippen molar-refractivity contribution < 1.29 is 0 Å². The molecule has 0 aliphatic heterocycles. The monoisotopic (exact) mass is 363 g/mol. The number of aryl methyl sites for hydroxylation is 1. The highest BCUT2D eigenvalue weighted by Crippen LogP contribution is 2.28. The van der Waals surface area contributed by atoms with E-state index in [1.54, 1.807) is 0 Å². The van der Waals surface area contributed by atoms with Gasteiger partial charge in [-0.3, -0.25) is 0 Å². The van der Waals surface area contributed by atoms with Crippen molar-refractivity contribution in [1.82, 2.24) is 5.32 Å². The van der Waals surface area contributed by atoms with Crippen molar-refractivity contribution >= 4 is 27.7 Å². The number of thioether (sulfide) groups is 1. The molecule has 0 heterocycles. The lowest BCUT2D eigenvalue weighted by Crippen LogP contribution is -2.21. The van der Waals surface area contributed by atoms with Crippen LogP contribution in [0.1, 0.15) is 30.5 Å². The van der Waals surface area contributed by atoms with Crippen LogP contribution in [0.5, 0.6) is 0 Å². The molecule has 0 unspecified atom stereocenters. The van der Waals surface area contributed by atoms with Crippen LogP contribution >= 0.6 is 27.7 Å². The van der Waals surface area contributed by atoms with Gasteiger partial charge in [0.05, 0.1) is 0 Å². The maximum atomic E-state index is 3.68. The summed E-state index contributed by atoms with van der Waals surface area (Å²) in [6.45, 7) is 7.41. The minimum absolute atomic E-state index is 0.506. The first-order valence-electron chi connectivity index (χ1n) is 7.25. The van der Waals surface area contributed by atoms with E-state index in [0.29, 0.717) is 6.04 Å². The average molecular weight is 364 g/mol. The fourth-order valence-corrected chi connectivity index (χ4v) is 3.69. The Hall–Kier alpha value is -0.770. The van der Waals surface area contributed by atoms with E-state index in [1.165, 1.54) is 26.1 Å². The smallest absolute Gasteiger partial charge is 0.0234 e. The van der Waals surface area contributed by atoms with Crippen LogP contribution in [0.15, 0.2) is 51.8 Å². The Balaban J connectivity index is 1.99. The highest BCUT2D eigenvalue weighted by molar-refractivity contribution is 9.10. The molecule has 21 heavy (non-hydrogen) atoms. The molecule has 1 nitrogen and oxygen atoms in total. The molecule has 0 fully saturated rings. The molecule has 2 aromatic rings. The van der Waals surface area contributed by atoms with Gasteiger partial charge in [0.2, 0.25) is 0 Å². The molecule has 0 spiro atoms. The number of halogens is 1. The molecule has 0 saturated carbocycles. The first kappa shape index (κ1) is 16.6. The topological polar surface area (TPSA) is 12.0 Å². The maximum Gasteiger partial charge on any atom is 0.0234 e. The summed E-state index contributed by atoms with van der Waals surface area (Å²) in [5, 5.41) is 3.45. The van der Waals surface area contributed by atoms with E-state index in [1.807, 2.05) is 11.8 Å². The molecule has 1 N–H and O–H groups in total. The van der Waals surface area contributed by atoms with Crippen molar-refractivity contribution in [3.63, 3.8) is 0 Å². The van der Waals surface area contributed by atoms with Crippen LogP contribution in [0.2, 0.25) is 0 Å². The number of nitrogens with one attached hydrogen (secondary N) is 1. The van der Waals surface area contributed by atoms with Gasteiger partial charge in [-0.1, -0.05) is 60.1 Å². The third-order valence-electron chi connectivity index (χ3n) is 3.38. The number of benzene rings is 2. The van der Waals surface area contributed by atoms with Gasteiger partial charge < -0.3 is 5.32 Å². The summed E-state index contributed by atoms with van der Waals surface area (Å²) in [6.07, 6.45) is 0. The third kappa shape index (κ3) is 5.17. The molecule has 0 atom stereocenters. The predicted octanol–water partition coefficient (Wildman–Crippen LogP) is 5.55. The molecule has 2 aromatic carbocycles.